The van der Waals surface area contributed by atoms with Crippen LogP contribution in [0, 0.1) is 0 Å². The molecule has 0 amide bonds. The van der Waals surface area contributed by atoms with E-state index in [0.29, 0.717) is 5.69 Å². The van der Waals surface area contributed by atoms with Crippen molar-refractivity contribution in [2.24, 2.45) is 0 Å². The molecule has 2 rings (SSSR count). The molecule has 0 saturated heterocycles. The largest absolute Gasteiger partial charge is 0.464 e. The molecule has 5 nitrogen and oxygen atoms in total. The van der Waals surface area contributed by atoms with Crippen LogP contribution in [-0.4, -0.2) is 33.7 Å². The molecule has 0 radical (unpaired) electrons. The first-order chi connectivity index (χ1) is 7.24. The van der Waals surface area contributed by atoms with Gasteiger partial charge in [-0.15, -0.1) is 0 Å². The fourth-order valence-electron chi connectivity index (χ4n) is 1.51. The molecular weight excluding hydrogens is 329 g/mol. The van der Waals surface area contributed by atoms with Gasteiger partial charge in [0.05, 0.1) is 25.9 Å². The van der Waals surface area contributed by atoms with E-state index in [0.717, 1.165) is 25.3 Å². The van der Waals surface area contributed by atoms with Crippen LogP contribution < -0.4 is 0 Å². The zero-order valence-corrected chi connectivity index (χ0v) is 11.1. The number of methoxy groups -OCH3 is 1. The summed E-state index contributed by atoms with van der Waals surface area (Å²) in [6.07, 6.45) is 0. The summed E-state index contributed by atoms with van der Waals surface area (Å²) in [4.78, 5) is 11.3. The normalized spacial score (nSPS) is 16.1. The van der Waals surface area contributed by atoms with Crippen LogP contribution in [-0.2, 0) is 17.8 Å². The van der Waals surface area contributed by atoms with Gasteiger partial charge in [0.1, 0.15) is 0 Å². The summed E-state index contributed by atoms with van der Waals surface area (Å²) in [7, 11) is 3.05. The van der Waals surface area contributed by atoms with E-state index in [9.17, 15) is 4.79 Å². The van der Waals surface area contributed by atoms with Crippen LogP contribution >= 0.6 is 30.3 Å². The minimum absolute atomic E-state index is 0.370. The molecule has 1 aromatic heterocycles. The number of carbonyl (C=O) groups excluding carboxylic acids is 1. The van der Waals surface area contributed by atoms with Crippen molar-refractivity contribution in [2.75, 3.05) is 13.7 Å². The monoisotopic (exact) mass is 339 g/mol. The van der Waals surface area contributed by atoms with E-state index >= 15 is 0 Å². The van der Waals surface area contributed by atoms with Crippen LogP contribution in [0.4, 0.5) is 0 Å². The van der Waals surface area contributed by atoms with E-state index in [1.807, 2.05) is 4.68 Å². The minimum atomic E-state index is -0.370. The van der Waals surface area contributed by atoms with Crippen molar-refractivity contribution < 1.29 is 9.53 Å². The first-order valence-electron chi connectivity index (χ1n) is 4.43. The Morgan fingerprint density at radius 1 is 1.67 bits per heavy atom. The first kappa shape index (κ1) is 11.2. The van der Waals surface area contributed by atoms with Crippen molar-refractivity contribution in [3.05, 3.63) is 17.5 Å². The number of esters is 1. The van der Waals surface area contributed by atoms with Gasteiger partial charge in [0, 0.05) is 27.8 Å². The summed E-state index contributed by atoms with van der Waals surface area (Å²) in [5, 5.41) is 4.19. The summed E-state index contributed by atoms with van der Waals surface area (Å²) < 4.78 is 8.72. The van der Waals surface area contributed by atoms with E-state index in [4.69, 9.17) is 0 Å². The Bertz CT molecular complexity index is 382. The molecule has 0 aliphatic carbocycles. The van der Waals surface area contributed by atoms with Crippen LogP contribution in [0.3, 0.4) is 0 Å². The molecule has 1 aliphatic heterocycles. The second kappa shape index (κ2) is 4.71. The van der Waals surface area contributed by atoms with Gasteiger partial charge in [-0.05, 0) is 15.2 Å². The average molecular weight is 339 g/mol. The molecule has 15 heavy (non-hydrogen) atoms. The van der Waals surface area contributed by atoms with Gasteiger partial charge in [-0.2, -0.15) is 5.10 Å². The molecule has 0 spiro atoms. The van der Waals surface area contributed by atoms with Gasteiger partial charge in [-0.25, -0.2) is 9.10 Å². The summed E-state index contributed by atoms with van der Waals surface area (Å²) in [6, 6.07) is 1.80. The average Bonchev–Trinajstić information content (AvgIpc) is 2.70. The second-order valence-electron chi connectivity index (χ2n) is 3.17. The molecule has 0 saturated carbocycles. The third kappa shape index (κ3) is 2.28. The lowest BCUT2D eigenvalue weighted by atomic mass is 10.3. The fraction of sp³-hybridized carbons (Fsp3) is 0.500. The number of rotatable bonds is 2. The zero-order valence-electron chi connectivity index (χ0n) is 8.14. The molecule has 2 heterocycles. The van der Waals surface area contributed by atoms with Gasteiger partial charge >= 0.3 is 5.97 Å². The standard InChI is InChI=1S/C8H10IN3O2S/c1-14-8(13)7-4-6-5-11(15-9)2-3-12(6)10-7/h4H,2-3,5H2,1H3. The van der Waals surface area contributed by atoms with Crippen LogP contribution in [0.25, 0.3) is 0 Å². The quantitative estimate of drug-likeness (QED) is 0.464. The SMILES string of the molecule is COC(=O)c1cc2n(n1)CCN(SI)C2. The number of fused-ring (bicyclic) bond motifs is 1. The van der Waals surface area contributed by atoms with Crippen LogP contribution in [0.15, 0.2) is 6.07 Å². The number of aromatic nitrogens is 2. The van der Waals surface area contributed by atoms with Gasteiger partial charge in [0.2, 0.25) is 0 Å². The molecule has 0 atom stereocenters. The Hall–Kier alpha value is -0.280. The van der Waals surface area contributed by atoms with Crippen LogP contribution in [0.2, 0.25) is 0 Å². The van der Waals surface area contributed by atoms with E-state index in [2.05, 4.69) is 35.3 Å². The smallest absolute Gasteiger partial charge is 0.358 e. The maximum atomic E-state index is 11.3. The maximum Gasteiger partial charge on any atom is 0.358 e. The topological polar surface area (TPSA) is 47.4 Å². The van der Waals surface area contributed by atoms with Gasteiger partial charge in [-0.1, -0.05) is 0 Å². The van der Waals surface area contributed by atoms with Crippen molar-refractivity contribution in [2.45, 2.75) is 13.1 Å². The summed E-state index contributed by atoms with van der Waals surface area (Å²) in [5.41, 5.74) is 1.46. The third-order valence-corrected chi connectivity index (χ3v) is 4.43. The highest BCUT2D eigenvalue weighted by Crippen LogP contribution is 2.24. The number of ether oxygens (including phenoxy) is 1. The molecule has 0 fully saturated rings. The lowest BCUT2D eigenvalue weighted by Crippen LogP contribution is -2.28. The van der Waals surface area contributed by atoms with E-state index < -0.39 is 0 Å². The van der Waals surface area contributed by atoms with Crippen molar-refractivity contribution >= 4 is 36.3 Å². The van der Waals surface area contributed by atoms with Gasteiger partial charge in [-0.3, -0.25) is 4.68 Å². The van der Waals surface area contributed by atoms with E-state index in [1.165, 1.54) is 7.11 Å². The molecule has 1 aromatic rings. The van der Waals surface area contributed by atoms with Crippen molar-refractivity contribution in [1.82, 2.24) is 14.1 Å². The minimum Gasteiger partial charge on any atom is -0.464 e. The lowest BCUT2D eigenvalue weighted by molar-refractivity contribution is 0.0593. The van der Waals surface area contributed by atoms with Gasteiger partial charge in [0.25, 0.3) is 0 Å². The second-order valence-corrected chi connectivity index (χ2v) is 5.00. The van der Waals surface area contributed by atoms with Crippen molar-refractivity contribution in [3.8, 4) is 0 Å². The zero-order chi connectivity index (χ0) is 10.8. The van der Waals surface area contributed by atoms with Crippen molar-refractivity contribution in [1.29, 1.82) is 0 Å². The molecule has 0 unspecified atom stereocenters. The molecule has 0 N–H and O–H groups in total. The number of halogens is 1. The maximum absolute atomic E-state index is 11.3. The highest BCUT2D eigenvalue weighted by atomic mass is 127. The molecule has 1 aliphatic rings. The predicted molar refractivity (Wildman–Crippen MR) is 65.6 cm³/mol. The molecule has 0 bridgehead atoms. The predicted octanol–water partition coefficient (Wildman–Crippen LogP) is 1.48. The summed E-state index contributed by atoms with van der Waals surface area (Å²) >= 11 is 2.25. The van der Waals surface area contributed by atoms with E-state index in [-0.39, 0.29) is 5.97 Å². The Morgan fingerprint density at radius 2 is 2.47 bits per heavy atom. The number of nitrogens with zero attached hydrogens (tertiary/aromatic N) is 3. The van der Waals surface area contributed by atoms with Gasteiger partial charge in [0.15, 0.2) is 5.69 Å². The highest BCUT2D eigenvalue weighted by Gasteiger charge is 2.20. The first-order valence-corrected chi connectivity index (χ1v) is 7.75. The number of hydrogen-bond donors (Lipinski definition) is 0. The fourth-order valence-corrected chi connectivity index (χ4v) is 2.85. The summed E-state index contributed by atoms with van der Waals surface area (Å²) in [5.74, 6) is -0.370. The lowest BCUT2D eigenvalue weighted by Gasteiger charge is -2.23. The Balaban J connectivity index is 2.21. The Kier molecular flexibility index (Phi) is 3.52. The number of hydrogen-bond acceptors (Lipinski definition) is 5. The van der Waals surface area contributed by atoms with E-state index in [1.54, 1.807) is 15.2 Å². The van der Waals surface area contributed by atoms with Crippen molar-refractivity contribution in [3.63, 3.8) is 0 Å². The Labute approximate surface area is 104 Å². The highest BCUT2D eigenvalue weighted by molar-refractivity contribution is 14.2. The number of carbonyl (C=O) groups is 1. The molecule has 82 valence electrons. The molecule has 0 aromatic carbocycles. The Morgan fingerprint density at radius 3 is 3.13 bits per heavy atom. The molecule has 7 heteroatoms. The molecular formula is C8H10IN3O2S. The van der Waals surface area contributed by atoms with Gasteiger partial charge < -0.3 is 4.74 Å². The third-order valence-electron chi connectivity index (χ3n) is 2.25. The van der Waals surface area contributed by atoms with Crippen LogP contribution in [0.5, 0.6) is 0 Å². The van der Waals surface area contributed by atoms with Crippen LogP contribution in [0.1, 0.15) is 16.2 Å². The summed E-state index contributed by atoms with van der Waals surface area (Å²) in [6.45, 7) is 2.59.